The van der Waals surface area contributed by atoms with Crippen molar-refractivity contribution in [3.05, 3.63) is 65.2 Å². The number of carbonyl (C=O) groups is 2. The summed E-state index contributed by atoms with van der Waals surface area (Å²) < 4.78 is 5.14. The third-order valence-corrected chi connectivity index (χ3v) is 4.14. The summed E-state index contributed by atoms with van der Waals surface area (Å²) in [7, 11) is 1.57. The Labute approximate surface area is 145 Å². The number of carbonyl (C=O) groups excluding carboxylic acids is 2. The molecule has 0 bridgehead atoms. The Balaban J connectivity index is 1.95. The molecule has 0 aromatic heterocycles. The van der Waals surface area contributed by atoms with Crippen molar-refractivity contribution in [1.29, 1.82) is 5.26 Å². The molecular weight excluding hydrogens is 318 g/mol. The molecule has 2 amide bonds. The number of benzene rings is 2. The Morgan fingerprint density at radius 3 is 2.72 bits per heavy atom. The zero-order valence-electron chi connectivity index (χ0n) is 13.7. The van der Waals surface area contributed by atoms with Crippen molar-refractivity contribution in [1.82, 2.24) is 10.2 Å². The molecule has 2 aromatic carbocycles. The molecule has 0 aliphatic carbocycles. The highest BCUT2D eigenvalue weighted by Gasteiger charge is 2.34. The maximum atomic E-state index is 12.9. The van der Waals surface area contributed by atoms with Gasteiger partial charge in [-0.25, -0.2) is 0 Å². The van der Waals surface area contributed by atoms with Gasteiger partial charge in [0.1, 0.15) is 11.8 Å². The van der Waals surface area contributed by atoms with E-state index in [4.69, 9.17) is 10.00 Å². The Bertz CT molecular complexity index is 840. The number of methoxy groups -OCH3 is 1. The first-order valence-electron chi connectivity index (χ1n) is 7.87. The number of hydrogen-bond acceptors (Lipinski definition) is 4. The van der Waals surface area contributed by atoms with Crippen LogP contribution in [0.5, 0.6) is 5.75 Å². The van der Waals surface area contributed by atoms with Crippen LogP contribution in [0.1, 0.15) is 27.5 Å². The van der Waals surface area contributed by atoms with E-state index >= 15 is 0 Å². The summed E-state index contributed by atoms with van der Waals surface area (Å²) >= 11 is 0. The number of nitrogens with zero attached hydrogens (tertiary/aromatic N) is 2. The normalized spacial score (nSPS) is 16.7. The zero-order chi connectivity index (χ0) is 17.8. The Hall–Kier alpha value is -3.33. The molecule has 6 nitrogen and oxygen atoms in total. The van der Waals surface area contributed by atoms with E-state index in [0.717, 1.165) is 0 Å². The average molecular weight is 335 g/mol. The molecule has 0 radical (unpaired) electrons. The number of amides is 2. The summed E-state index contributed by atoms with van der Waals surface area (Å²) in [5, 5.41) is 11.8. The van der Waals surface area contributed by atoms with Gasteiger partial charge in [0.05, 0.1) is 18.7 Å². The molecule has 1 unspecified atom stereocenters. The number of ether oxygens (including phenoxy) is 1. The molecule has 25 heavy (non-hydrogen) atoms. The van der Waals surface area contributed by atoms with Gasteiger partial charge in [-0.15, -0.1) is 0 Å². The summed E-state index contributed by atoms with van der Waals surface area (Å²) in [6, 6.07) is 14.9. The Morgan fingerprint density at radius 1 is 1.28 bits per heavy atom. The van der Waals surface area contributed by atoms with E-state index in [1.54, 1.807) is 55.6 Å². The van der Waals surface area contributed by atoms with E-state index < -0.39 is 6.04 Å². The largest absolute Gasteiger partial charge is 0.497 e. The summed E-state index contributed by atoms with van der Waals surface area (Å²) in [6.45, 7) is 0.799. The second-order valence-corrected chi connectivity index (χ2v) is 5.66. The van der Waals surface area contributed by atoms with Crippen LogP contribution in [-0.4, -0.2) is 36.9 Å². The Morgan fingerprint density at radius 2 is 2.04 bits per heavy atom. The zero-order valence-corrected chi connectivity index (χ0v) is 13.7. The summed E-state index contributed by atoms with van der Waals surface area (Å²) in [5.74, 6) is 0.188. The lowest BCUT2D eigenvalue weighted by Crippen LogP contribution is -2.52. The standard InChI is InChI=1S/C19H17N3O3/c1-25-16-7-5-14(6-8-16)17-18(23)21-9-10-22(17)19(24)15-4-2-3-13(11-15)12-20/h2-8,11,17H,9-10H2,1H3,(H,21,23). The van der Waals surface area contributed by atoms with Gasteiger partial charge >= 0.3 is 0 Å². The van der Waals surface area contributed by atoms with Crippen LogP contribution in [0.4, 0.5) is 0 Å². The fourth-order valence-corrected chi connectivity index (χ4v) is 2.89. The van der Waals surface area contributed by atoms with Crippen molar-refractivity contribution >= 4 is 11.8 Å². The molecule has 6 heteroatoms. The molecule has 0 saturated carbocycles. The third-order valence-electron chi connectivity index (χ3n) is 4.14. The van der Waals surface area contributed by atoms with E-state index in [1.807, 2.05) is 6.07 Å². The van der Waals surface area contributed by atoms with E-state index in [1.165, 1.54) is 4.90 Å². The number of hydrogen-bond donors (Lipinski definition) is 1. The van der Waals surface area contributed by atoms with Crippen LogP contribution in [0.25, 0.3) is 0 Å². The molecule has 1 heterocycles. The summed E-state index contributed by atoms with van der Waals surface area (Å²) in [4.78, 5) is 26.9. The maximum Gasteiger partial charge on any atom is 0.254 e. The lowest BCUT2D eigenvalue weighted by molar-refractivity contribution is -0.128. The molecule has 0 spiro atoms. The van der Waals surface area contributed by atoms with E-state index in [0.29, 0.717) is 35.5 Å². The first-order valence-corrected chi connectivity index (χ1v) is 7.87. The van der Waals surface area contributed by atoms with E-state index in [2.05, 4.69) is 5.32 Å². The van der Waals surface area contributed by atoms with Crippen molar-refractivity contribution < 1.29 is 14.3 Å². The van der Waals surface area contributed by atoms with E-state index in [-0.39, 0.29) is 11.8 Å². The maximum absolute atomic E-state index is 12.9. The van der Waals surface area contributed by atoms with Crippen molar-refractivity contribution in [2.45, 2.75) is 6.04 Å². The molecule has 1 saturated heterocycles. The van der Waals surface area contributed by atoms with Crippen LogP contribution in [0.2, 0.25) is 0 Å². The fraction of sp³-hybridized carbons (Fsp3) is 0.211. The van der Waals surface area contributed by atoms with Crippen molar-refractivity contribution in [3.63, 3.8) is 0 Å². The first kappa shape index (κ1) is 16.5. The van der Waals surface area contributed by atoms with Gasteiger partial charge in [0.2, 0.25) is 5.91 Å². The first-order chi connectivity index (χ1) is 12.1. The average Bonchev–Trinajstić information content (AvgIpc) is 2.67. The second kappa shape index (κ2) is 7.05. The smallest absolute Gasteiger partial charge is 0.254 e. The molecule has 1 atom stereocenters. The van der Waals surface area contributed by atoms with Crippen LogP contribution in [0.15, 0.2) is 48.5 Å². The predicted octanol–water partition coefficient (Wildman–Crippen LogP) is 1.88. The monoisotopic (exact) mass is 335 g/mol. The lowest BCUT2D eigenvalue weighted by Gasteiger charge is -2.35. The van der Waals surface area contributed by atoms with Gasteiger partial charge in [0.15, 0.2) is 0 Å². The van der Waals surface area contributed by atoms with Gasteiger partial charge in [0, 0.05) is 18.7 Å². The highest BCUT2D eigenvalue weighted by Crippen LogP contribution is 2.27. The molecule has 1 fully saturated rings. The van der Waals surface area contributed by atoms with Crippen LogP contribution >= 0.6 is 0 Å². The minimum Gasteiger partial charge on any atom is -0.497 e. The van der Waals surface area contributed by atoms with Gasteiger partial charge < -0.3 is 15.0 Å². The molecule has 1 N–H and O–H groups in total. The topological polar surface area (TPSA) is 82.4 Å². The van der Waals surface area contributed by atoms with Crippen LogP contribution < -0.4 is 10.1 Å². The molecule has 3 rings (SSSR count). The lowest BCUT2D eigenvalue weighted by atomic mass is 10.0. The van der Waals surface area contributed by atoms with Crippen molar-refractivity contribution in [2.75, 3.05) is 20.2 Å². The number of nitrogens with one attached hydrogen (secondary N) is 1. The molecule has 1 aliphatic heterocycles. The van der Waals surface area contributed by atoms with Gasteiger partial charge in [-0.1, -0.05) is 18.2 Å². The van der Waals surface area contributed by atoms with Gasteiger partial charge in [0.25, 0.3) is 5.91 Å². The predicted molar refractivity (Wildman–Crippen MR) is 90.9 cm³/mol. The van der Waals surface area contributed by atoms with Crippen molar-refractivity contribution in [2.24, 2.45) is 0 Å². The van der Waals surface area contributed by atoms with Gasteiger partial charge in [-0.3, -0.25) is 9.59 Å². The SMILES string of the molecule is COc1ccc(C2C(=O)NCCN2C(=O)c2cccc(C#N)c2)cc1. The number of rotatable bonds is 3. The summed E-state index contributed by atoms with van der Waals surface area (Å²) in [5.41, 5.74) is 1.52. The quantitative estimate of drug-likeness (QED) is 0.928. The third kappa shape index (κ3) is 3.31. The van der Waals surface area contributed by atoms with Crippen molar-refractivity contribution in [3.8, 4) is 11.8 Å². The molecular formula is C19H17N3O3. The minimum atomic E-state index is -0.710. The molecule has 2 aromatic rings. The Kier molecular flexibility index (Phi) is 4.66. The fourth-order valence-electron chi connectivity index (χ4n) is 2.89. The van der Waals surface area contributed by atoms with Gasteiger partial charge in [-0.05, 0) is 35.9 Å². The van der Waals surface area contributed by atoms with E-state index in [9.17, 15) is 9.59 Å². The van der Waals surface area contributed by atoms with Gasteiger partial charge in [-0.2, -0.15) is 5.26 Å². The second-order valence-electron chi connectivity index (χ2n) is 5.66. The minimum absolute atomic E-state index is 0.221. The van der Waals surface area contributed by atoms with Crippen LogP contribution in [0.3, 0.4) is 0 Å². The molecule has 1 aliphatic rings. The highest BCUT2D eigenvalue weighted by atomic mass is 16.5. The number of nitriles is 1. The van der Waals surface area contributed by atoms with Crippen LogP contribution in [0, 0.1) is 11.3 Å². The molecule has 126 valence electrons. The van der Waals surface area contributed by atoms with Crippen LogP contribution in [-0.2, 0) is 4.79 Å². The number of piperazine rings is 1. The highest BCUT2D eigenvalue weighted by molar-refractivity contribution is 5.98. The summed E-state index contributed by atoms with van der Waals surface area (Å²) in [6.07, 6.45) is 0.